The van der Waals surface area contributed by atoms with Crippen molar-refractivity contribution in [2.75, 3.05) is 25.1 Å². The maximum absolute atomic E-state index is 5.83. The van der Waals surface area contributed by atoms with E-state index in [0.29, 0.717) is 6.61 Å². The van der Waals surface area contributed by atoms with Gasteiger partial charge < -0.3 is 14.8 Å². The minimum atomic E-state index is 0.625. The van der Waals surface area contributed by atoms with Crippen LogP contribution in [0.5, 0.6) is 11.5 Å². The lowest BCUT2D eigenvalue weighted by molar-refractivity contribution is 0.311. The van der Waals surface area contributed by atoms with Crippen molar-refractivity contribution in [2.24, 2.45) is 0 Å². The first kappa shape index (κ1) is 19.8. The number of benzene rings is 3. The van der Waals surface area contributed by atoms with Crippen LogP contribution in [0.4, 0.5) is 5.69 Å². The second-order valence-corrected chi connectivity index (χ2v) is 6.98. The van der Waals surface area contributed by atoms with Crippen LogP contribution in [0, 0.1) is 13.8 Å². The summed E-state index contributed by atoms with van der Waals surface area (Å²) in [6.45, 7) is 6.32. The normalized spacial score (nSPS) is 10.5. The van der Waals surface area contributed by atoms with Crippen molar-refractivity contribution < 1.29 is 9.47 Å². The SMILES string of the molecule is Cc1ccc(OCCNc2ccc(OCCCc3ccccc3)cc2)cc1C. The number of hydrogen-bond donors (Lipinski definition) is 1. The van der Waals surface area contributed by atoms with Crippen LogP contribution >= 0.6 is 0 Å². The van der Waals surface area contributed by atoms with Gasteiger partial charge in [0.1, 0.15) is 18.1 Å². The van der Waals surface area contributed by atoms with E-state index in [2.05, 4.69) is 55.6 Å². The Kier molecular flexibility index (Phi) is 7.36. The molecule has 28 heavy (non-hydrogen) atoms. The summed E-state index contributed by atoms with van der Waals surface area (Å²) in [6, 6.07) is 24.8. The average Bonchev–Trinajstić information content (AvgIpc) is 2.73. The Morgan fingerprint density at radius 2 is 1.43 bits per heavy atom. The number of ether oxygens (including phenoxy) is 2. The van der Waals surface area contributed by atoms with Crippen molar-refractivity contribution in [2.45, 2.75) is 26.7 Å². The standard InChI is InChI=1S/C25H29NO2/c1-20-10-13-25(19-21(20)2)28-18-16-26-23-11-14-24(15-12-23)27-17-6-9-22-7-4-3-5-8-22/h3-5,7-8,10-15,19,26H,6,9,16-18H2,1-2H3. The Hall–Kier alpha value is -2.94. The Balaban J connectivity index is 1.33. The molecule has 3 heteroatoms. The summed E-state index contributed by atoms with van der Waals surface area (Å²) in [5.41, 5.74) is 4.96. The predicted octanol–water partition coefficient (Wildman–Crippen LogP) is 5.81. The molecule has 0 heterocycles. The van der Waals surface area contributed by atoms with Crippen molar-refractivity contribution in [3.8, 4) is 11.5 Å². The minimum absolute atomic E-state index is 0.625. The molecule has 1 N–H and O–H groups in total. The van der Waals surface area contributed by atoms with Gasteiger partial charge in [-0.2, -0.15) is 0 Å². The lowest BCUT2D eigenvalue weighted by Crippen LogP contribution is -2.11. The first-order valence-electron chi connectivity index (χ1n) is 9.91. The molecular formula is C25H29NO2. The third kappa shape index (κ3) is 6.34. The molecule has 0 atom stereocenters. The van der Waals surface area contributed by atoms with Gasteiger partial charge in [0, 0.05) is 12.2 Å². The smallest absolute Gasteiger partial charge is 0.119 e. The summed E-state index contributed by atoms with van der Waals surface area (Å²) in [5.74, 6) is 1.83. The zero-order chi connectivity index (χ0) is 19.6. The molecular weight excluding hydrogens is 346 g/mol. The summed E-state index contributed by atoms with van der Waals surface area (Å²) < 4.78 is 11.6. The lowest BCUT2D eigenvalue weighted by Gasteiger charge is -2.11. The van der Waals surface area contributed by atoms with Crippen LogP contribution in [0.3, 0.4) is 0 Å². The van der Waals surface area contributed by atoms with E-state index in [4.69, 9.17) is 9.47 Å². The van der Waals surface area contributed by atoms with E-state index in [-0.39, 0.29) is 0 Å². The second kappa shape index (κ2) is 10.4. The van der Waals surface area contributed by atoms with Gasteiger partial charge in [-0.1, -0.05) is 36.4 Å². The molecule has 3 nitrogen and oxygen atoms in total. The lowest BCUT2D eigenvalue weighted by atomic mass is 10.1. The van der Waals surface area contributed by atoms with Crippen LogP contribution in [0.1, 0.15) is 23.1 Å². The Morgan fingerprint density at radius 3 is 2.18 bits per heavy atom. The molecule has 3 aromatic carbocycles. The van der Waals surface area contributed by atoms with Gasteiger partial charge in [0.25, 0.3) is 0 Å². The summed E-state index contributed by atoms with van der Waals surface area (Å²) in [7, 11) is 0. The van der Waals surface area contributed by atoms with E-state index in [9.17, 15) is 0 Å². The maximum Gasteiger partial charge on any atom is 0.119 e. The van der Waals surface area contributed by atoms with E-state index in [1.807, 2.05) is 36.4 Å². The van der Waals surface area contributed by atoms with Gasteiger partial charge in [-0.15, -0.1) is 0 Å². The summed E-state index contributed by atoms with van der Waals surface area (Å²) in [5, 5.41) is 3.38. The van der Waals surface area contributed by atoms with Crippen LogP contribution in [0.2, 0.25) is 0 Å². The number of rotatable bonds is 10. The monoisotopic (exact) mass is 375 g/mol. The molecule has 0 aromatic heterocycles. The fourth-order valence-electron chi connectivity index (χ4n) is 2.95. The van der Waals surface area contributed by atoms with Gasteiger partial charge in [0.2, 0.25) is 0 Å². The van der Waals surface area contributed by atoms with Crippen molar-refractivity contribution in [1.29, 1.82) is 0 Å². The molecule has 0 saturated heterocycles. The van der Waals surface area contributed by atoms with Crippen LogP contribution < -0.4 is 14.8 Å². The molecule has 0 unspecified atom stereocenters. The van der Waals surface area contributed by atoms with E-state index < -0.39 is 0 Å². The highest BCUT2D eigenvalue weighted by atomic mass is 16.5. The Morgan fingerprint density at radius 1 is 0.714 bits per heavy atom. The van der Waals surface area contributed by atoms with Crippen LogP contribution in [-0.4, -0.2) is 19.8 Å². The Labute approximate surface area is 168 Å². The molecule has 0 spiro atoms. The molecule has 0 aliphatic rings. The summed E-state index contributed by atoms with van der Waals surface area (Å²) in [4.78, 5) is 0. The van der Waals surface area contributed by atoms with Crippen LogP contribution in [0.25, 0.3) is 0 Å². The zero-order valence-electron chi connectivity index (χ0n) is 16.8. The van der Waals surface area contributed by atoms with E-state index in [1.54, 1.807) is 0 Å². The first-order chi connectivity index (χ1) is 13.7. The van der Waals surface area contributed by atoms with Crippen molar-refractivity contribution in [3.05, 3.63) is 89.5 Å². The van der Waals surface area contributed by atoms with Crippen molar-refractivity contribution in [1.82, 2.24) is 0 Å². The topological polar surface area (TPSA) is 30.5 Å². The van der Waals surface area contributed by atoms with Crippen LogP contribution in [0.15, 0.2) is 72.8 Å². The van der Waals surface area contributed by atoms with Crippen molar-refractivity contribution in [3.63, 3.8) is 0 Å². The fourth-order valence-corrected chi connectivity index (χ4v) is 2.95. The Bertz CT molecular complexity index is 844. The van der Waals surface area contributed by atoms with E-state index in [0.717, 1.165) is 43.2 Å². The largest absolute Gasteiger partial charge is 0.494 e. The average molecular weight is 376 g/mol. The molecule has 0 amide bonds. The summed E-state index contributed by atoms with van der Waals surface area (Å²) in [6.07, 6.45) is 2.06. The van der Waals surface area contributed by atoms with E-state index >= 15 is 0 Å². The van der Waals surface area contributed by atoms with Gasteiger partial charge in [-0.25, -0.2) is 0 Å². The van der Waals surface area contributed by atoms with Crippen LogP contribution in [-0.2, 0) is 6.42 Å². The predicted molar refractivity (Wildman–Crippen MR) is 117 cm³/mol. The van der Waals surface area contributed by atoms with Gasteiger partial charge >= 0.3 is 0 Å². The minimum Gasteiger partial charge on any atom is -0.494 e. The van der Waals surface area contributed by atoms with Gasteiger partial charge in [-0.05, 0) is 79.8 Å². The third-order valence-corrected chi connectivity index (χ3v) is 4.75. The molecule has 0 fully saturated rings. The number of hydrogen-bond acceptors (Lipinski definition) is 3. The van der Waals surface area contributed by atoms with E-state index in [1.165, 1.54) is 16.7 Å². The molecule has 0 aliphatic carbocycles. The van der Waals surface area contributed by atoms with Gasteiger partial charge in [0.05, 0.1) is 6.61 Å². The van der Waals surface area contributed by atoms with Gasteiger partial charge in [-0.3, -0.25) is 0 Å². The maximum atomic E-state index is 5.83. The molecule has 146 valence electrons. The van der Waals surface area contributed by atoms with Gasteiger partial charge in [0.15, 0.2) is 0 Å². The molecule has 0 aliphatic heterocycles. The molecule has 0 radical (unpaired) electrons. The first-order valence-corrected chi connectivity index (χ1v) is 9.91. The number of nitrogens with one attached hydrogen (secondary N) is 1. The highest BCUT2D eigenvalue weighted by Crippen LogP contribution is 2.17. The second-order valence-electron chi connectivity index (χ2n) is 6.98. The highest BCUT2D eigenvalue weighted by Gasteiger charge is 1.99. The fraction of sp³-hybridized carbons (Fsp3) is 0.280. The number of aryl methyl sites for hydroxylation is 3. The molecule has 0 saturated carbocycles. The highest BCUT2D eigenvalue weighted by molar-refractivity contribution is 5.46. The summed E-state index contributed by atoms with van der Waals surface area (Å²) >= 11 is 0. The quantitative estimate of drug-likeness (QED) is 0.454. The molecule has 0 bridgehead atoms. The zero-order valence-corrected chi connectivity index (χ0v) is 16.8. The third-order valence-electron chi connectivity index (χ3n) is 4.75. The molecule has 3 aromatic rings. The molecule has 3 rings (SSSR count). The number of anilines is 1. The van der Waals surface area contributed by atoms with Crippen molar-refractivity contribution >= 4 is 5.69 Å².